The Morgan fingerprint density at radius 3 is 2.67 bits per heavy atom. The first-order chi connectivity index (χ1) is 8.83. The molecule has 0 bridgehead atoms. The Balaban J connectivity index is 2.00. The highest BCUT2D eigenvalue weighted by molar-refractivity contribution is 5.49. The highest BCUT2D eigenvalue weighted by atomic mass is 15.0. The van der Waals surface area contributed by atoms with Crippen molar-refractivity contribution in [3.05, 3.63) is 71.8 Å². The van der Waals surface area contributed by atoms with Gasteiger partial charge in [-0.3, -0.25) is 4.40 Å². The van der Waals surface area contributed by atoms with Crippen molar-refractivity contribution in [3.8, 4) is 11.8 Å². The molecule has 2 nitrogen and oxygen atoms in total. The van der Waals surface area contributed by atoms with Gasteiger partial charge in [0.1, 0.15) is 0 Å². The van der Waals surface area contributed by atoms with E-state index in [4.69, 9.17) is 0 Å². The van der Waals surface area contributed by atoms with Crippen LogP contribution >= 0.6 is 0 Å². The average Bonchev–Trinajstić information content (AvgIpc) is 2.82. The largest absolute Gasteiger partial charge is 0.293 e. The summed E-state index contributed by atoms with van der Waals surface area (Å²) in [7, 11) is 0. The molecule has 0 spiro atoms. The molecule has 3 aromatic rings. The van der Waals surface area contributed by atoms with Crippen molar-refractivity contribution in [2.75, 3.05) is 0 Å². The SMILES string of the molecule is Cc1ccc(C#Cc2ncc3ccccn23)cc1. The lowest BCUT2D eigenvalue weighted by Gasteiger charge is -1.93. The Labute approximate surface area is 106 Å². The molecule has 0 radical (unpaired) electrons. The fourth-order valence-electron chi connectivity index (χ4n) is 1.80. The van der Waals surface area contributed by atoms with Crippen molar-refractivity contribution in [2.45, 2.75) is 6.92 Å². The van der Waals surface area contributed by atoms with E-state index in [1.54, 1.807) is 0 Å². The molecular formula is C16H12N2. The molecule has 3 rings (SSSR count). The second-order valence-corrected chi connectivity index (χ2v) is 4.19. The lowest BCUT2D eigenvalue weighted by atomic mass is 10.1. The van der Waals surface area contributed by atoms with Crippen LogP contribution in [0.4, 0.5) is 0 Å². The van der Waals surface area contributed by atoms with E-state index in [9.17, 15) is 0 Å². The molecule has 2 aromatic heterocycles. The summed E-state index contributed by atoms with van der Waals surface area (Å²) in [5.41, 5.74) is 3.31. The molecule has 0 unspecified atom stereocenters. The Kier molecular flexibility index (Phi) is 2.59. The predicted molar refractivity (Wildman–Crippen MR) is 72.4 cm³/mol. The summed E-state index contributed by atoms with van der Waals surface area (Å²) in [4.78, 5) is 4.32. The molecule has 0 saturated carbocycles. The molecule has 2 heteroatoms. The van der Waals surface area contributed by atoms with E-state index < -0.39 is 0 Å². The summed E-state index contributed by atoms with van der Waals surface area (Å²) < 4.78 is 1.99. The molecule has 2 heterocycles. The lowest BCUT2D eigenvalue weighted by molar-refractivity contribution is 1.12. The van der Waals surface area contributed by atoms with E-state index in [1.165, 1.54) is 5.56 Å². The minimum atomic E-state index is 0.770. The number of fused-ring (bicyclic) bond motifs is 1. The van der Waals surface area contributed by atoms with Gasteiger partial charge in [-0.25, -0.2) is 4.98 Å². The van der Waals surface area contributed by atoms with Crippen LogP contribution in [0.5, 0.6) is 0 Å². The van der Waals surface area contributed by atoms with Crippen LogP contribution in [0.1, 0.15) is 17.0 Å². The summed E-state index contributed by atoms with van der Waals surface area (Å²) in [6.45, 7) is 2.07. The van der Waals surface area contributed by atoms with Gasteiger partial charge in [-0.2, -0.15) is 0 Å². The number of pyridine rings is 1. The number of nitrogens with zero attached hydrogens (tertiary/aromatic N) is 2. The molecule has 0 aliphatic heterocycles. The van der Waals surface area contributed by atoms with Crippen molar-refractivity contribution in [2.24, 2.45) is 0 Å². The van der Waals surface area contributed by atoms with Crippen LogP contribution in [-0.2, 0) is 0 Å². The van der Waals surface area contributed by atoms with Gasteiger partial charge < -0.3 is 0 Å². The third-order valence-electron chi connectivity index (χ3n) is 2.81. The van der Waals surface area contributed by atoms with Crippen LogP contribution in [0.25, 0.3) is 5.52 Å². The Bertz CT molecular complexity index is 740. The molecule has 0 N–H and O–H groups in total. The van der Waals surface area contributed by atoms with Gasteiger partial charge in [0, 0.05) is 11.8 Å². The molecule has 0 amide bonds. The third-order valence-corrected chi connectivity index (χ3v) is 2.81. The number of benzene rings is 1. The van der Waals surface area contributed by atoms with Crippen molar-refractivity contribution in [1.29, 1.82) is 0 Å². The summed E-state index contributed by atoms with van der Waals surface area (Å²) >= 11 is 0. The molecule has 0 atom stereocenters. The van der Waals surface area contributed by atoms with Crippen molar-refractivity contribution < 1.29 is 0 Å². The van der Waals surface area contributed by atoms with E-state index >= 15 is 0 Å². The summed E-state index contributed by atoms with van der Waals surface area (Å²) in [6, 6.07) is 14.2. The number of hydrogen-bond donors (Lipinski definition) is 0. The Morgan fingerprint density at radius 2 is 1.83 bits per heavy atom. The van der Waals surface area contributed by atoms with Gasteiger partial charge in [-0.15, -0.1) is 0 Å². The van der Waals surface area contributed by atoms with Crippen molar-refractivity contribution in [3.63, 3.8) is 0 Å². The second kappa shape index (κ2) is 4.38. The van der Waals surface area contributed by atoms with Gasteiger partial charge in [0.25, 0.3) is 0 Å². The molecule has 0 saturated heterocycles. The topological polar surface area (TPSA) is 17.3 Å². The number of imidazole rings is 1. The minimum Gasteiger partial charge on any atom is -0.293 e. The average molecular weight is 232 g/mol. The van der Waals surface area contributed by atoms with Crippen molar-refractivity contribution in [1.82, 2.24) is 9.38 Å². The zero-order valence-electron chi connectivity index (χ0n) is 10.1. The monoisotopic (exact) mass is 232 g/mol. The van der Waals surface area contributed by atoms with Crippen LogP contribution in [-0.4, -0.2) is 9.38 Å². The van der Waals surface area contributed by atoms with E-state index in [-0.39, 0.29) is 0 Å². The third kappa shape index (κ3) is 1.99. The van der Waals surface area contributed by atoms with E-state index in [2.05, 4.69) is 35.9 Å². The predicted octanol–water partition coefficient (Wildman–Crippen LogP) is 3.04. The summed E-state index contributed by atoms with van der Waals surface area (Å²) in [5.74, 6) is 7.01. The van der Waals surface area contributed by atoms with Crippen molar-refractivity contribution >= 4 is 5.52 Å². The number of rotatable bonds is 0. The molecule has 86 valence electrons. The number of aryl methyl sites for hydroxylation is 1. The second-order valence-electron chi connectivity index (χ2n) is 4.19. The zero-order chi connectivity index (χ0) is 12.4. The quantitative estimate of drug-likeness (QED) is 0.544. The Morgan fingerprint density at radius 1 is 1.00 bits per heavy atom. The maximum Gasteiger partial charge on any atom is 0.190 e. The highest BCUT2D eigenvalue weighted by Crippen LogP contribution is 2.06. The molecule has 0 aliphatic rings. The Hall–Kier alpha value is -2.53. The maximum absolute atomic E-state index is 4.32. The number of hydrogen-bond acceptors (Lipinski definition) is 1. The van der Waals surface area contributed by atoms with Crippen LogP contribution < -0.4 is 0 Å². The zero-order valence-corrected chi connectivity index (χ0v) is 10.1. The molecule has 18 heavy (non-hydrogen) atoms. The van der Waals surface area contributed by atoms with E-state index in [0.717, 1.165) is 16.9 Å². The smallest absolute Gasteiger partial charge is 0.190 e. The van der Waals surface area contributed by atoms with Gasteiger partial charge >= 0.3 is 0 Å². The van der Waals surface area contributed by atoms with Crippen LogP contribution in [0, 0.1) is 18.8 Å². The van der Waals surface area contributed by atoms with Gasteiger partial charge in [-0.1, -0.05) is 29.7 Å². The van der Waals surface area contributed by atoms with Crippen LogP contribution in [0.15, 0.2) is 54.9 Å². The van der Waals surface area contributed by atoms with Gasteiger partial charge in [-0.05, 0) is 37.1 Å². The fourth-order valence-corrected chi connectivity index (χ4v) is 1.80. The number of aromatic nitrogens is 2. The molecule has 0 aliphatic carbocycles. The molecule has 1 aromatic carbocycles. The van der Waals surface area contributed by atoms with Crippen LogP contribution in [0.2, 0.25) is 0 Å². The maximum atomic E-state index is 4.32. The first-order valence-corrected chi connectivity index (χ1v) is 5.84. The summed E-state index contributed by atoms with van der Waals surface area (Å²) in [6.07, 6.45) is 3.81. The minimum absolute atomic E-state index is 0.770. The van der Waals surface area contributed by atoms with E-state index in [0.29, 0.717) is 0 Å². The molecular weight excluding hydrogens is 220 g/mol. The summed E-state index contributed by atoms with van der Waals surface area (Å²) in [5, 5.41) is 0. The van der Waals surface area contributed by atoms with Gasteiger partial charge in [0.05, 0.1) is 11.7 Å². The lowest BCUT2D eigenvalue weighted by Crippen LogP contribution is -1.87. The highest BCUT2D eigenvalue weighted by Gasteiger charge is 1.97. The van der Waals surface area contributed by atoms with Crippen LogP contribution in [0.3, 0.4) is 0 Å². The van der Waals surface area contributed by atoms with Gasteiger partial charge in [0.2, 0.25) is 0 Å². The van der Waals surface area contributed by atoms with E-state index in [1.807, 2.05) is 47.1 Å². The fraction of sp³-hybridized carbons (Fsp3) is 0.0625. The van der Waals surface area contributed by atoms with Gasteiger partial charge in [0.15, 0.2) is 5.82 Å². The first kappa shape index (κ1) is 10.6. The molecule has 0 fully saturated rings. The normalized spacial score (nSPS) is 10.1. The standard InChI is InChI=1S/C16H12N2/c1-13-5-7-14(8-6-13)9-10-16-17-12-15-4-2-3-11-18(15)16/h2-8,11-12H,1H3. The first-order valence-electron chi connectivity index (χ1n) is 5.84.